The van der Waals surface area contributed by atoms with Crippen molar-refractivity contribution in [2.45, 2.75) is 45.4 Å². The number of anilines is 1. The number of carbonyl (C=O) groups is 1. The molecule has 0 aliphatic heterocycles. The fourth-order valence-electron chi connectivity index (χ4n) is 2.24. The van der Waals surface area contributed by atoms with Gasteiger partial charge in [0.2, 0.25) is 0 Å². The van der Waals surface area contributed by atoms with E-state index in [0.717, 1.165) is 0 Å². The Bertz CT molecular complexity index is 504. The number of halogens is 3. The Hall–Kier alpha value is -1.76. The molecule has 0 radical (unpaired) electrons. The van der Waals surface area contributed by atoms with Crippen molar-refractivity contribution in [3.05, 3.63) is 29.8 Å². The van der Waals surface area contributed by atoms with Crippen LogP contribution >= 0.6 is 0 Å². The molecule has 3 N–H and O–H groups in total. The van der Waals surface area contributed by atoms with Gasteiger partial charge >= 0.3 is 12.2 Å². The number of para-hydroxylation sites is 1. The van der Waals surface area contributed by atoms with Gasteiger partial charge in [-0.3, -0.25) is 0 Å². The second kappa shape index (κ2) is 8.76. The van der Waals surface area contributed by atoms with E-state index in [2.05, 4.69) is 10.6 Å². The van der Waals surface area contributed by atoms with Crippen LogP contribution in [0.25, 0.3) is 0 Å². The van der Waals surface area contributed by atoms with Gasteiger partial charge in [0, 0.05) is 18.7 Å². The van der Waals surface area contributed by atoms with Gasteiger partial charge in [-0.05, 0) is 37.3 Å². The molecule has 0 saturated heterocycles. The Labute approximate surface area is 134 Å². The van der Waals surface area contributed by atoms with Gasteiger partial charge in [-0.1, -0.05) is 25.1 Å². The van der Waals surface area contributed by atoms with Crippen molar-refractivity contribution in [3.8, 4) is 0 Å². The number of hydrogen-bond donors (Lipinski definition) is 3. The summed E-state index contributed by atoms with van der Waals surface area (Å²) in [6, 6.07) is 5.96. The number of aryl methyl sites for hydroxylation is 1. The van der Waals surface area contributed by atoms with Gasteiger partial charge in [0.1, 0.15) is 0 Å². The fraction of sp³-hybridized carbons (Fsp3) is 0.562. The number of carbonyl (C=O) groups excluding carboxylic acids is 1. The predicted octanol–water partition coefficient (Wildman–Crippen LogP) is 3.71. The molecule has 0 aliphatic rings. The lowest BCUT2D eigenvalue weighted by Crippen LogP contribution is -2.33. The van der Waals surface area contributed by atoms with E-state index in [9.17, 15) is 23.1 Å². The molecule has 130 valence electrons. The summed E-state index contributed by atoms with van der Waals surface area (Å²) >= 11 is 0. The molecule has 7 heteroatoms. The van der Waals surface area contributed by atoms with E-state index < -0.39 is 24.7 Å². The molecular formula is C16H23F3N2O2. The topological polar surface area (TPSA) is 61.4 Å². The van der Waals surface area contributed by atoms with Crippen molar-refractivity contribution in [3.63, 3.8) is 0 Å². The van der Waals surface area contributed by atoms with E-state index in [4.69, 9.17) is 0 Å². The van der Waals surface area contributed by atoms with Crippen LogP contribution in [-0.2, 0) is 6.42 Å². The first kappa shape index (κ1) is 19.3. The average molecular weight is 332 g/mol. The van der Waals surface area contributed by atoms with Gasteiger partial charge in [0.15, 0.2) is 0 Å². The second-order valence-electron chi connectivity index (χ2n) is 5.80. The zero-order valence-electron chi connectivity index (χ0n) is 13.3. The van der Waals surface area contributed by atoms with Gasteiger partial charge in [-0.2, -0.15) is 13.2 Å². The number of hydrogen-bond acceptors (Lipinski definition) is 2. The monoisotopic (exact) mass is 332 g/mol. The minimum absolute atomic E-state index is 0.0984. The van der Waals surface area contributed by atoms with Crippen LogP contribution in [0, 0.1) is 5.92 Å². The quantitative estimate of drug-likeness (QED) is 0.713. The molecule has 0 heterocycles. The molecule has 0 aliphatic carbocycles. The SMILES string of the molecule is CC(O)CC(C)CNC(=O)Nc1ccccc1CCC(F)(F)F. The Morgan fingerprint density at radius 1 is 1.26 bits per heavy atom. The van der Waals surface area contributed by atoms with E-state index in [1.807, 2.05) is 6.92 Å². The highest BCUT2D eigenvalue weighted by Crippen LogP contribution is 2.25. The Morgan fingerprint density at radius 2 is 1.91 bits per heavy atom. The lowest BCUT2D eigenvalue weighted by atomic mass is 10.1. The van der Waals surface area contributed by atoms with Gasteiger partial charge < -0.3 is 15.7 Å². The van der Waals surface area contributed by atoms with E-state index >= 15 is 0 Å². The van der Waals surface area contributed by atoms with E-state index in [1.165, 1.54) is 0 Å². The molecule has 0 aromatic heterocycles. The van der Waals surface area contributed by atoms with Crippen LogP contribution in [0.3, 0.4) is 0 Å². The number of aliphatic hydroxyl groups excluding tert-OH is 1. The van der Waals surface area contributed by atoms with Crippen molar-refractivity contribution < 1.29 is 23.1 Å². The third-order valence-corrected chi connectivity index (χ3v) is 3.30. The summed E-state index contributed by atoms with van der Waals surface area (Å²) in [5, 5.41) is 14.5. The van der Waals surface area contributed by atoms with Crippen LogP contribution in [0.5, 0.6) is 0 Å². The second-order valence-corrected chi connectivity index (χ2v) is 5.80. The molecule has 23 heavy (non-hydrogen) atoms. The third-order valence-electron chi connectivity index (χ3n) is 3.30. The van der Waals surface area contributed by atoms with Crippen molar-refractivity contribution in [1.82, 2.24) is 5.32 Å². The highest BCUT2D eigenvalue weighted by atomic mass is 19.4. The lowest BCUT2D eigenvalue weighted by molar-refractivity contribution is -0.133. The Kier molecular flexibility index (Phi) is 7.35. The molecule has 2 amide bonds. The first-order chi connectivity index (χ1) is 10.7. The molecule has 0 spiro atoms. The minimum atomic E-state index is -4.23. The van der Waals surface area contributed by atoms with Crippen LogP contribution in [0.4, 0.5) is 23.7 Å². The third kappa shape index (κ3) is 8.44. The maximum absolute atomic E-state index is 12.3. The molecule has 2 unspecified atom stereocenters. The maximum atomic E-state index is 12.3. The lowest BCUT2D eigenvalue weighted by Gasteiger charge is -2.16. The van der Waals surface area contributed by atoms with Gasteiger partial charge in [0.05, 0.1) is 6.10 Å². The molecule has 0 saturated carbocycles. The van der Waals surface area contributed by atoms with E-state index in [0.29, 0.717) is 24.2 Å². The molecule has 0 fully saturated rings. The number of amides is 2. The zero-order valence-corrected chi connectivity index (χ0v) is 13.3. The molecule has 1 rings (SSSR count). The van der Waals surface area contributed by atoms with Crippen molar-refractivity contribution in [2.24, 2.45) is 5.92 Å². The minimum Gasteiger partial charge on any atom is -0.393 e. The zero-order chi connectivity index (χ0) is 17.5. The predicted molar refractivity (Wildman–Crippen MR) is 83.3 cm³/mol. The molecule has 0 bridgehead atoms. The van der Waals surface area contributed by atoms with Crippen LogP contribution < -0.4 is 10.6 Å². The summed E-state index contributed by atoms with van der Waals surface area (Å²) in [5.74, 6) is 0.0984. The van der Waals surface area contributed by atoms with Crippen LogP contribution in [0.2, 0.25) is 0 Å². The highest BCUT2D eigenvalue weighted by Gasteiger charge is 2.27. The average Bonchev–Trinajstić information content (AvgIpc) is 2.42. The van der Waals surface area contributed by atoms with Crippen LogP contribution in [0.1, 0.15) is 32.3 Å². The van der Waals surface area contributed by atoms with Gasteiger partial charge in [-0.25, -0.2) is 4.79 Å². The molecule has 4 nitrogen and oxygen atoms in total. The normalized spacial score (nSPS) is 14.2. The summed E-state index contributed by atoms with van der Waals surface area (Å²) in [6.07, 6.45) is -5.23. The first-order valence-corrected chi connectivity index (χ1v) is 7.55. The Morgan fingerprint density at radius 3 is 2.52 bits per heavy atom. The molecule has 1 aromatic carbocycles. The highest BCUT2D eigenvalue weighted by molar-refractivity contribution is 5.90. The summed E-state index contributed by atoms with van der Waals surface area (Å²) in [6.45, 7) is 3.94. The smallest absolute Gasteiger partial charge is 0.389 e. The maximum Gasteiger partial charge on any atom is 0.389 e. The fourth-order valence-corrected chi connectivity index (χ4v) is 2.24. The Balaban J connectivity index is 2.54. The van der Waals surface area contributed by atoms with E-state index in [-0.39, 0.29) is 12.3 Å². The van der Waals surface area contributed by atoms with Gasteiger partial charge in [0.25, 0.3) is 0 Å². The first-order valence-electron chi connectivity index (χ1n) is 7.55. The molecular weight excluding hydrogens is 309 g/mol. The largest absolute Gasteiger partial charge is 0.393 e. The van der Waals surface area contributed by atoms with E-state index in [1.54, 1.807) is 31.2 Å². The standard InChI is InChI=1S/C16H23F3N2O2/c1-11(9-12(2)22)10-20-15(23)21-14-6-4-3-5-13(14)7-8-16(17,18)19/h3-6,11-12,22H,7-10H2,1-2H3,(H2,20,21,23). The van der Waals surface area contributed by atoms with Crippen molar-refractivity contribution in [2.75, 3.05) is 11.9 Å². The summed E-state index contributed by atoms with van der Waals surface area (Å²) in [5.41, 5.74) is 0.814. The number of aliphatic hydroxyl groups is 1. The number of urea groups is 1. The molecule has 1 aromatic rings. The van der Waals surface area contributed by atoms with Crippen molar-refractivity contribution >= 4 is 11.7 Å². The van der Waals surface area contributed by atoms with Crippen LogP contribution in [0.15, 0.2) is 24.3 Å². The number of benzene rings is 1. The summed E-state index contributed by atoms with van der Waals surface area (Å²) in [7, 11) is 0. The summed E-state index contributed by atoms with van der Waals surface area (Å²) < 4.78 is 37.0. The number of nitrogens with one attached hydrogen (secondary N) is 2. The summed E-state index contributed by atoms with van der Waals surface area (Å²) in [4.78, 5) is 11.8. The van der Waals surface area contributed by atoms with Crippen LogP contribution in [-0.4, -0.2) is 30.0 Å². The number of rotatable bonds is 7. The number of alkyl halides is 3. The molecule has 2 atom stereocenters. The van der Waals surface area contributed by atoms with Gasteiger partial charge in [-0.15, -0.1) is 0 Å². The van der Waals surface area contributed by atoms with Crippen molar-refractivity contribution in [1.29, 1.82) is 0 Å².